The van der Waals surface area contributed by atoms with Crippen LogP contribution in [0.25, 0.3) is 16.9 Å². The highest BCUT2D eigenvalue weighted by molar-refractivity contribution is 6.35. The van der Waals surface area contributed by atoms with Crippen LogP contribution in [0.3, 0.4) is 0 Å². The van der Waals surface area contributed by atoms with E-state index in [1.54, 1.807) is 35.0 Å². The lowest BCUT2D eigenvalue weighted by Gasteiger charge is -2.10. The van der Waals surface area contributed by atoms with Crippen LogP contribution in [0.5, 0.6) is 0 Å². The normalized spacial score (nSPS) is 10.8. The van der Waals surface area contributed by atoms with Crippen molar-refractivity contribution in [1.29, 1.82) is 0 Å². The van der Waals surface area contributed by atoms with E-state index in [-0.39, 0.29) is 6.54 Å². The van der Waals surface area contributed by atoms with E-state index < -0.39 is 5.97 Å². The monoisotopic (exact) mass is 409 g/mol. The molecule has 0 aliphatic rings. The predicted molar refractivity (Wildman–Crippen MR) is 105 cm³/mol. The van der Waals surface area contributed by atoms with Gasteiger partial charge in [0, 0.05) is 21.2 Å². The van der Waals surface area contributed by atoms with Crippen molar-refractivity contribution in [1.82, 2.24) is 9.78 Å². The third kappa shape index (κ3) is 3.80. The van der Waals surface area contributed by atoms with E-state index in [9.17, 15) is 4.79 Å². The molecule has 0 aliphatic heterocycles. The van der Waals surface area contributed by atoms with Gasteiger partial charge in [-0.25, -0.2) is 4.68 Å². The number of hydrogen-bond donors (Lipinski definition) is 2. The van der Waals surface area contributed by atoms with Crippen molar-refractivity contribution < 1.29 is 9.90 Å². The first-order valence-electron chi connectivity index (χ1n) is 7.63. The Hall–Kier alpha value is -2.21. The zero-order chi connectivity index (χ0) is 18.8. The molecule has 0 amide bonds. The van der Waals surface area contributed by atoms with Crippen molar-refractivity contribution in [3.8, 4) is 16.9 Å². The van der Waals surface area contributed by atoms with Gasteiger partial charge in [-0.3, -0.25) is 4.79 Å². The van der Waals surface area contributed by atoms with Gasteiger partial charge in [-0.05, 0) is 37.3 Å². The van der Waals surface area contributed by atoms with Crippen molar-refractivity contribution in [2.24, 2.45) is 0 Å². The first-order chi connectivity index (χ1) is 12.4. The summed E-state index contributed by atoms with van der Waals surface area (Å²) in [7, 11) is 0. The zero-order valence-electron chi connectivity index (χ0n) is 13.6. The van der Waals surface area contributed by atoms with Gasteiger partial charge in [0.15, 0.2) is 5.82 Å². The molecule has 0 atom stereocenters. The Morgan fingerprint density at radius 3 is 2.38 bits per heavy atom. The highest BCUT2D eigenvalue weighted by atomic mass is 35.5. The Kier molecular flexibility index (Phi) is 5.41. The average molecular weight is 411 g/mol. The molecule has 2 aromatic carbocycles. The molecular formula is C18H14Cl3N3O2. The summed E-state index contributed by atoms with van der Waals surface area (Å²) in [6.07, 6.45) is 0. The number of anilines is 1. The standard InChI is InChI=1S/C18H14Cl3N3O2/c1-10-17(11-2-4-12(19)5-3-11)24(23-18(10)22-9-16(25)26)15-7-6-13(20)8-14(15)21/h2-8H,9H2,1H3,(H,22,23)(H,25,26). The maximum absolute atomic E-state index is 10.9. The number of nitrogens with zero attached hydrogens (tertiary/aromatic N) is 2. The van der Waals surface area contributed by atoms with Gasteiger partial charge in [0.25, 0.3) is 0 Å². The fourth-order valence-corrected chi connectivity index (χ4v) is 3.21. The zero-order valence-corrected chi connectivity index (χ0v) is 15.9. The van der Waals surface area contributed by atoms with Gasteiger partial charge < -0.3 is 10.4 Å². The minimum absolute atomic E-state index is 0.244. The molecule has 0 unspecified atom stereocenters. The summed E-state index contributed by atoms with van der Waals surface area (Å²) in [5.41, 5.74) is 3.07. The molecule has 0 spiro atoms. The molecule has 0 radical (unpaired) electrons. The van der Waals surface area contributed by atoms with Crippen molar-refractivity contribution in [3.63, 3.8) is 0 Å². The quantitative estimate of drug-likeness (QED) is 0.598. The van der Waals surface area contributed by atoms with Gasteiger partial charge in [-0.15, -0.1) is 5.10 Å². The summed E-state index contributed by atoms with van der Waals surface area (Å²) in [6.45, 7) is 1.62. The van der Waals surface area contributed by atoms with Gasteiger partial charge in [0.1, 0.15) is 6.54 Å². The number of hydrogen-bond acceptors (Lipinski definition) is 3. The Bertz CT molecular complexity index is 969. The fraction of sp³-hybridized carbons (Fsp3) is 0.111. The predicted octanol–water partition coefficient (Wildman–Crippen LogP) is 5.30. The molecule has 0 saturated carbocycles. The Balaban J connectivity index is 2.19. The minimum Gasteiger partial charge on any atom is -0.480 e. The third-order valence-electron chi connectivity index (χ3n) is 3.78. The molecule has 3 aromatic rings. The lowest BCUT2D eigenvalue weighted by atomic mass is 10.1. The topological polar surface area (TPSA) is 67.2 Å². The van der Waals surface area contributed by atoms with Gasteiger partial charge in [-0.2, -0.15) is 0 Å². The van der Waals surface area contributed by atoms with E-state index >= 15 is 0 Å². The summed E-state index contributed by atoms with van der Waals surface area (Å²) in [4.78, 5) is 10.9. The molecule has 1 heterocycles. The second-order valence-corrected chi connectivity index (χ2v) is 6.86. The summed E-state index contributed by atoms with van der Waals surface area (Å²) in [5, 5.41) is 17.8. The first-order valence-corrected chi connectivity index (χ1v) is 8.77. The van der Waals surface area contributed by atoms with Gasteiger partial charge in [0.2, 0.25) is 0 Å². The van der Waals surface area contributed by atoms with E-state index in [1.165, 1.54) is 0 Å². The maximum Gasteiger partial charge on any atom is 0.322 e. The molecule has 0 fully saturated rings. The third-order valence-corrected chi connectivity index (χ3v) is 4.57. The van der Waals surface area contributed by atoms with Crippen LogP contribution >= 0.6 is 34.8 Å². The second kappa shape index (κ2) is 7.58. The lowest BCUT2D eigenvalue weighted by molar-refractivity contribution is -0.134. The Labute approximate surface area is 165 Å². The largest absolute Gasteiger partial charge is 0.480 e. The first kappa shape index (κ1) is 18.6. The number of rotatable bonds is 5. The van der Waals surface area contributed by atoms with Crippen molar-refractivity contribution >= 4 is 46.6 Å². The number of nitrogens with one attached hydrogen (secondary N) is 1. The van der Waals surface area contributed by atoms with Crippen LogP contribution in [0.2, 0.25) is 15.1 Å². The molecule has 3 rings (SSSR count). The van der Waals surface area contributed by atoms with E-state index in [0.29, 0.717) is 26.6 Å². The number of carbonyl (C=O) groups is 1. The van der Waals surface area contributed by atoms with Crippen LogP contribution < -0.4 is 5.32 Å². The van der Waals surface area contributed by atoms with Crippen LogP contribution in [-0.2, 0) is 4.79 Å². The second-order valence-electron chi connectivity index (χ2n) is 5.58. The van der Waals surface area contributed by atoms with E-state index in [4.69, 9.17) is 39.9 Å². The van der Waals surface area contributed by atoms with Gasteiger partial charge >= 0.3 is 5.97 Å². The fourth-order valence-electron chi connectivity index (χ4n) is 2.60. The number of halogens is 3. The number of carboxylic acid groups (broad SMARTS) is 1. The average Bonchev–Trinajstić information content (AvgIpc) is 2.90. The highest BCUT2D eigenvalue weighted by Gasteiger charge is 2.19. The molecule has 0 saturated heterocycles. The lowest BCUT2D eigenvalue weighted by Crippen LogP contribution is -2.13. The molecule has 2 N–H and O–H groups in total. The molecular weight excluding hydrogens is 397 g/mol. The Morgan fingerprint density at radius 2 is 1.77 bits per heavy atom. The van der Waals surface area contributed by atoms with E-state index in [1.807, 2.05) is 19.1 Å². The van der Waals surface area contributed by atoms with Crippen LogP contribution in [-0.4, -0.2) is 27.4 Å². The van der Waals surface area contributed by atoms with Crippen molar-refractivity contribution in [2.75, 3.05) is 11.9 Å². The van der Waals surface area contributed by atoms with Crippen molar-refractivity contribution in [3.05, 3.63) is 63.1 Å². The summed E-state index contributed by atoms with van der Waals surface area (Å²) in [5.74, 6) is -0.514. The van der Waals surface area contributed by atoms with Crippen LogP contribution in [0.4, 0.5) is 5.82 Å². The Morgan fingerprint density at radius 1 is 1.12 bits per heavy atom. The van der Waals surface area contributed by atoms with Crippen LogP contribution in [0, 0.1) is 6.92 Å². The summed E-state index contributed by atoms with van der Waals surface area (Å²) >= 11 is 18.3. The SMILES string of the molecule is Cc1c(NCC(=O)O)nn(-c2ccc(Cl)cc2Cl)c1-c1ccc(Cl)cc1. The van der Waals surface area contributed by atoms with Crippen LogP contribution in [0.15, 0.2) is 42.5 Å². The maximum atomic E-state index is 10.9. The summed E-state index contributed by atoms with van der Waals surface area (Å²) < 4.78 is 1.67. The smallest absolute Gasteiger partial charge is 0.322 e. The van der Waals surface area contributed by atoms with Gasteiger partial charge in [0.05, 0.1) is 16.4 Å². The number of aromatic nitrogens is 2. The van der Waals surface area contributed by atoms with Gasteiger partial charge in [-0.1, -0.05) is 46.9 Å². The number of benzene rings is 2. The molecule has 26 heavy (non-hydrogen) atoms. The molecule has 8 heteroatoms. The van der Waals surface area contributed by atoms with Crippen LogP contribution in [0.1, 0.15) is 5.56 Å². The highest BCUT2D eigenvalue weighted by Crippen LogP contribution is 2.34. The number of carboxylic acids is 1. The summed E-state index contributed by atoms with van der Waals surface area (Å²) in [6, 6.07) is 12.4. The molecule has 134 valence electrons. The van der Waals surface area contributed by atoms with Crippen molar-refractivity contribution in [2.45, 2.75) is 6.92 Å². The molecule has 0 bridgehead atoms. The van der Waals surface area contributed by atoms with E-state index in [0.717, 1.165) is 16.8 Å². The minimum atomic E-state index is -0.975. The van der Waals surface area contributed by atoms with E-state index in [2.05, 4.69) is 10.4 Å². The number of aliphatic carboxylic acids is 1. The molecule has 1 aromatic heterocycles. The molecule has 5 nitrogen and oxygen atoms in total. The molecule has 0 aliphatic carbocycles.